The quantitative estimate of drug-likeness (QED) is 0.316. The normalized spacial score (nSPS) is 12.8. The largest absolute Gasteiger partial charge is 0.456 e. The van der Waals surface area contributed by atoms with Crippen LogP contribution in [0.1, 0.15) is 26.3 Å². The molecule has 0 atom stereocenters. The Labute approximate surface area is 146 Å². The van der Waals surface area contributed by atoms with Crippen LogP contribution in [-0.4, -0.2) is 4.57 Å². The molecule has 2 heteroatoms. The van der Waals surface area contributed by atoms with E-state index in [9.17, 15) is 0 Å². The first-order valence-corrected chi connectivity index (χ1v) is 8.78. The van der Waals surface area contributed by atoms with Crippen LogP contribution in [0.4, 0.5) is 0 Å². The maximum atomic E-state index is 6.17. The summed E-state index contributed by atoms with van der Waals surface area (Å²) in [5, 5.41) is 5.01. The maximum absolute atomic E-state index is 6.17. The number of hydrogen-bond acceptors (Lipinski definition) is 1. The molecule has 0 aliphatic carbocycles. The molecule has 0 saturated carbocycles. The minimum atomic E-state index is 0.116. The molecular formula is C23H21NO. The molecule has 0 spiro atoms. The summed E-state index contributed by atoms with van der Waals surface area (Å²) in [6, 6.07) is 19.5. The number of nitrogens with zero attached hydrogens (tertiary/aromatic N) is 1. The molecule has 0 aliphatic heterocycles. The first-order valence-electron chi connectivity index (χ1n) is 8.78. The molecular weight excluding hydrogens is 306 g/mol. The van der Waals surface area contributed by atoms with Gasteiger partial charge in [-0.25, -0.2) is 0 Å². The van der Waals surface area contributed by atoms with E-state index in [0.717, 1.165) is 11.2 Å². The lowest BCUT2D eigenvalue weighted by atomic mass is 9.86. The molecule has 5 rings (SSSR count). The van der Waals surface area contributed by atoms with Crippen LogP contribution in [0, 0.1) is 0 Å². The zero-order chi connectivity index (χ0) is 17.3. The van der Waals surface area contributed by atoms with Crippen LogP contribution in [-0.2, 0) is 12.5 Å². The van der Waals surface area contributed by atoms with E-state index in [0.29, 0.717) is 0 Å². The van der Waals surface area contributed by atoms with Crippen LogP contribution in [0.2, 0.25) is 0 Å². The second kappa shape index (κ2) is 4.66. The average molecular weight is 327 g/mol. The molecule has 2 nitrogen and oxygen atoms in total. The molecule has 5 aromatic rings. The predicted molar refractivity (Wildman–Crippen MR) is 106 cm³/mol. The molecule has 3 aromatic carbocycles. The fraction of sp³-hybridized carbons (Fsp3) is 0.217. The first-order chi connectivity index (χ1) is 11.9. The summed E-state index contributed by atoms with van der Waals surface area (Å²) in [5.41, 5.74) is 5.87. The summed E-state index contributed by atoms with van der Waals surface area (Å²) in [6.45, 7) is 6.76. The first kappa shape index (κ1) is 14.6. The van der Waals surface area contributed by atoms with Crippen LogP contribution in [0.5, 0.6) is 0 Å². The lowest BCUT2D eigenvalue weighted by Crippen LogP contribution is -2.10. The van der Waals surface area contributed by atoms with Crippen LogP contribution in [0.25, 0.3) is 43.7 Å². The summed E-state index contributed by atoms with van der Waals surface area (Å²) in [6.07, 6.45) is 0. The Balaban J connectivity index is 2.03. The predicted octanol–water partition coefficient (Wildman–Crippen LogP) is 6.53. The monoisotopic (exact) mass is 327 g/mol. The molecule has 0 aliphatic rings. The smallest absolute Gasteiger partial charge is 0.137 e. The molecule has 124 valence electrons. The maximum Gasteiger partial charge on any atom is 0.137 e. The van der Waals surface area contributed by atoms with Gasteiger partial charge in [-0.3, -0.25) is 0 Å². The fourth-order valence-corrected chi connectivity index (χ4v) is 4.00. The number of furan rings is 1. The van der Waals surface area contributed by atoms with Gasteiger partial charge in [-0.15, -0.1) is 0 Å². The van der Waals surface area contributed by atoms with Crippen molar-refractivity contribution < 1.29 is 4.42 Å². The summed E-state index contributed by atoms with van der Waals surface area (Å²) in [4.78, 5) is 0. The Morgan fingerprint density at radius 3 is 2.36 bits per heavy atom. The van der Waals surface area contributed by atoms with Gasteiger partial charge in [0.15, 0.2) is 0 Å². The van der Waals surface area contributed by atoms with Crippen molar-refractivity contribution >= 4 is 43.7 Å². The van der Waals surface area contributed by atoms with Crippen molar-refractivity contribution in [2.45, 2.75) is 26.2 Å². The molecule has 0 N–H and O–H groups in total. The molecule has 0 amide bonds. The van der Waals surface area contributed by atoms with Gasteiger partial charge in [0.2, 0.25) is 0 Å². The number of para-hydroxylation sites is 1. The zero-order valence-corrected chi connectivity index (χ0v) is 15.1. The van der Waals surface area contributed by atoms with E-state index in [1.807, 2.05) is 0 Å². The molecule has 0 bridgehead atoms. The van der Waals surface area contributed by atoms with Crippen LogP contribution < -0.4 is 0 Å². The minimum absolute atomic E-state index is 0.116. The SMILES string of the molecule is Cn1c2ccccc2c2ccc3oc4ccc(C(C)(C)C)cc4c3c21. The Hall–Kier alpha value is -2.74. The molecule has 0 saturated heterocycles. The number of fused-ring (bicyclic) bond motifs is 7. The van der Waals surface area contributed by atoms with E-state index in [1.54, 1.807) is 0 Å². The van der Waals surface area contributed by atoms with Crippen LogP contribution in [0.3, 0.4) is 0 Å². The van der Waals surface area contributed by atoms with E-state index in [1.165, 1.54) is 38.1 Å². The lowest BCUT2D eigenvalue weighted by Gasteiger charge is -2.18. The zero-order valence-electron chi connectivity index (χ0n) is 15.1. The fourth-order valence-electron chi connectivity index (χ4n) is 4.00. The molecule has 2 heterocycles. The van der Waals surface area contributed by atoms with Crippen LogP contribution in [0.15, 0.2) is 59.0 Å². The third kappa shape index (κ3) is 1.91. The molecule has 2 aromatic heterocycles. The number of rotatable bonds is 0. The van der Waals surface area contributed by atoms with E-state index in [2.05, 4.69) is 87.0 Å². The Morgan fingerprint density at radius 1 is 0.800 bits per heavy atom. The highest BCUT2D eigenvalue weighted by atomic mass is 16.3. The Kier molecular flexibility index (Phi) is 2.72. The number of benzene rings is 3. The molecule has 0 unspecified atom stereocenters. The topological polar surface area (TPSA) is 18.1 Å². The van der Waals surface area contributed by atoms with E-state index in [4.69, 9.17) is 4.42 Å². The summed E-state index contributed by atoms with van der Waals surface area (Å²) in [7, 11) is 2.15. The highest BCUT2D eigenvalue weighted by Gasteiger charge is 2.19. The van der Waals surface area contributed by atoms with Gasteiger partial charge in [0.1, 0.15) is 11.2 Å². The van der Waals surface area contributed by atoms with E-state index in [-0.39, 0.29) is 5.41 Å². The summed E-state index contributed by atoms with van der Waals surface area (Å²) < 4.78 is 8.46. The lowest BCUT2D eigenvalue weighted by molar-refractivity contribution is 0.590. The average Bonchev–Trinajstić information content (AvgIpc) is 3.10. The highest BCUT2D eigenvalue weighted by Crippen LogP contribution is 2.39. The number of aromatic nitrogens is 1. The van der Waals surface area contributed by atoms with Crippen LogP contribution >= 0.6 is 0 Å². The van der Waals surface area contributed by atoms with Gasteiger partial charge < -0.3 is 8.98 Å². The Bertz CT molecular complexity index is 1280. The number of aryl methyl sites for hydroxylation is 1. The van der Waals surface area contributed by atoms with Gasteiger partial charge in [0.25, 0.3) is 0 Å². The minimum Gasteiger partial charge on any atom is -0.456 e. The van der Waals surface area contributed by atoms with Crippen molar-refractivity contribution in [3.63, 3.8) is 0 Å². The van der Waals surface area contributed by atoms with Crippen molar-refractivity contribution in [3.8, 4) is 0 Å². The van der Waals surface area contributed by atoms with Crippen molar-refractivity contribution in [2.75, 3.05) is 0 Å². The number of hydrogen-bond donors (Lipinski definition) is 0. The Morgan fingerprint density at radius 2 is 1.56 bits per heavy atom. The summed E-state index contributed by atoms with van der Waals surface area (Å²) >= 11 is 0. The van der Waals surface area contributed by atoms with Gasteiger partial charge in [-0.05, 0) is 41.3 Å². The van der Waals surface area contributed by atoms with Gasteiger partial charge >= 0.3 is 0 Å². The van der Waals surface area contributed by atoms with E-state index >= 15 is 0 Å². The molecule has 0 radical (unpaired) electrons. The van der Waals surface area contributed by atoms with Crippen molar-refractivity contribution in [1.29, 1.82) is 0 Å². The summed E-state index contributed by atoms with van der Waals surface area (Å²) in [5.74, 6) is 0. The standard InChI is InChI=1S/C23H21NO/c1-23(2,3)14-9-11-19-17(13-14)21-20(25-19)12-10-16-15-7-5-6-8-18(15)24(4)22(16)21/h5-13H,1-4H3. The van der Waals surface area contributed by atoms with Crippen molar-refractivity contribution in [1.82, 2.24) is 4.57 Å². The third-order valence-electron chi connectivity index (χ3n) is 5.37. The van der Waals surface area contributed by atoms with Gasteiger partial charge in [0, 0.05) is 28.7 Å². The second-order valence-corrected chi connectivity index (χ2v) is 7.97. The highest BCUT2D eigenvalue weighted by molar-refractivity contribution is 6.23. The van der Waals surface area contributed by atoms with Gasteiger partial charge in [-0.2, -0.15) is 0 Å². The van der Waals surface area contributed by atoms with Gasteiger partial charge in [0.05, 0.1) is 10.9 Å². The van der Waals surface area contributed by atoms with Crippen molar-refractivity contribution in [2.24, 2.45) is 7.05 Å². The van der Waals surface area contributed by atoms with E-state index < -0.39 is 0 Å². The third-order valence-corrected chi connectivity index (χ3v) is 5.37. The van der Waals surface area contributed by atoms with Gasteiger partial charge in [-0.1, -0.05) is 45.0 Å². The van der Waals surface area contributed by atoms with Crippen molar-refractivity contribution in [3.05, 3.63) is 60.2 Å². The molecule has 25 heavy (non-hydrogen) atoms. The second-order valence-electron chi connectivity index (χ2n) is 7.97. The molecule has 0 fully saturated rings.